The van der Waals surface area contributed by atoms with Crippen molar-refractivity contribution in [1.82, 2.24) is 0 Å². The molecule has 0 saturated carbocycles. The summed E-state index contributed by atoms with van der Waals surface area (Å²) in [6.45, 7) is 2.24. The van der Waals surface area contributed by atoms with Gasteiger partial charge in [-0.2, -0.15) is 0 Å². The Bertz CT molecular complexity index is 26.0. The van der Waals surface area contributed by atoms with Gasteiger partial charge in [-0.25, -0.2) is 0 Å². The second-order valence-electron chi connectivity index (χ2n) is 1.24. The van der Waals surface area contributed by atoms with Crippen LogP contribution in [-0.2, 0) is 0 Å². The molecular weight excluding hydrogens is 279 g/mol. The average molecular weight is 292 g/mol. The van der Waals surface area contributed by atoms with Gasteiger partial charge < -0.3 is 11.0 Å². The molecule has 0 spiro atoms. The summed E-state index contributed by atoms with van der Waals surface area (Å²) in [5.41, 5.74) is 0. The molecule has 2 radical (unpaired) electrons. The van der Waals surface area contributed by atoms with Crippen molar-refractivity contribution in [1.29, 1.82) is 0 Å². The minimum atomic E-state index is 0. The fourth-order valence-electron chi connectivity index (χ4n) is 0.244. The molecule has 0 unspecified atom stereocenters. The second-order valence-corrected chi connectivity index (χ2v) is 7.19. The van der Waals surface area contributed by atoms with Crippen LogP contribution in [0.15, 0.2) is 0 Å². The Balaban J connectivity index is -0.000000125. The first-order chi connectivity index (χ1) is 2.91. The van der Waals surface area contributed by atoms with Gasteiger partial charge in [0.2, 0.25) is 0 Å². The molecule has 0 amide bonds. The zero-order chi connectivity index (χ0) is 4.83. The number of hydrogen-bond donors (Lipinski definition) is 0. The van der Waals surface area contributed by atoms with Crippen molar-refractivity contribution in [3.8, 4) is 0 Å². The van der Waals surface area contributed by atoms with E-state index in [4.69, 9.17) is 0 Å². The predicted octanol–water partition coefficient (Wildman–Crippen LogP) is 0.569. The Kier molecular flexibility index (Phi) is 31.6. The summed E-state index contributed by atoms with van der Waals surface area (Å²) in [5.74, 6) is 0. The van der Waals surface area contributed by atoms with Crippen LogP contribution in [-0.4, -0.2) is 29.9 Å². The van der Waals surface area contributed by atoms with Crippen molar-refractivity contribution in [2.45, 2.75) is 24.2 Å². The van der Waals surface area contributed by atoms with E-state index in [-0.39, 0.29) is 29.9 Å². The third kappa shape index (κ3) is 15.7. The van der Waals surface area contributed by atoms with Gasteiger partial charge in [-0.05, 0) is 0 Å². The number of hydrogen-bond acceptors (Lipinski definition) is 0. The Hall–Kier alpha value is 1.20. The molecule has 0 rings (SSSR count). The normalized spacial score (nSPS) is 6.75. The minimum Gasteiger partial charge on any atom is -0.412 e. The Labute approximate surface area is 66.6 Å². The molecule has 0 aromatic heterocycles. The van der Waals surface area contributed by atoms with E-state index < -0.39 is 0 Å². The smallest absolute Gasteiger partial charge is 0.412 e. The molecule has 0 fully saturated rings. The standard InChI is InChI=1S/C4H9.BrH.2H2O.Sn/c1-3-4-2;;;;/h1,3-4H2,2H3;1H;2*1H2;/q;;;;+1/p-1. The maximum atomic E-state index is 3.52. The molecule has 0 aliphatic carbocycles. The van der Waals surface area contributed by atoms with Crippen molar-refractivity contribution < 1.29 is 11.0 Å². The van der Waals surface area contributed by atoms with Crippen LogP contribution >= 0.6 is 12.7 Å². The molecule has 0 atom stereocenters. The van der Waals surface area contributed by atoms with Gasteiger partial charge in [0.05, 0.1) is 0 Å². The first-order valence-corrected chi connectivity index (χ1v) is 10.7. The van der Waals surface area contributed by atoms with Crippen molar-refractivity contribution in [3.63, 3.8) is 0 Å². The summed E-state index contributed by atoms with van der Waals surface area (Å²) < 4.78 is 1.50. The van der Waals surface area contributed by atoms with E-state index in [1.165, 1.54) is 17.3 Å². The summed E-state index contributed by atoms with van der Waals surface area (Å²) in [6.07, 6.45) is 2.81. The van der Waals surface area contributed by atoms with Gasteiger partial charge in [-0.3, -0.25) is 0 Å². The molecule has 8 heavy (non-hydrogen) atoms. The van der Waals surface area contributed by atoms with Crippen LogP contribution in [0.5, 0.6) is 0 Å². The van der Waals surface area contributed by atoms with Crippen molar-refractivity contribution >= 4 is 31.6 Å². The molecule has 52 valence electrons. The molecular formula is C4H13BrO2Sn. The van der Waals surface area contributed by atoms with E-state index in [9.17, 15) is 0 Å². The second kappa shape index (κ2) is 15.7. The van der Waals surface area contributed by atoms with Crippen LogP contribution in [0, 0.1) is 0 Å². The summed E-state index contributed by atoms with van der Waals surface area (Å²) in [7, 11) is 0. The number of halogens is 1. The van der Waals surface area contributed by atoms with Crippen LogP contribution in [0.3, 0.4) is 0 Å². The first kappa shape index (κ1) is 16.1. The quantitative estimate of drug-likeness (QED) is 0.539. The van der Waals surface area contributed by atoms with Gasteiger partial charge in [0.25, 0.3) is 0 Å². The van der Waals surface area contributed by atoms with E-state index in [1.54, 1.807) is 0 Å². The van der Waals surface area contributed by atoms with Gasteiger partial charge in [0, 0.05) is 0 Å². The average Bonchev–Trinajstić information content (AvgIpc) is 1.61. The molecule has 0 aliphatic rings. The van der Waals surface area contributed by atoms with Crippen molar-refractivity contribution in [2.75, 3.05) is 0 Å². The van der Waals surface area contributed by atoms with E-state index in [2.05, 4.69) is 19.6 Å². The Morgan fingerprint density at radius 2 is 1.88 bits per heavy atom. The fourth-order valence-corrected chi connectivity index (χ4v) is 3.51. The molecule has 0 aromatic rings. The minimum absolute atomic E-state index is 0. The third-order valence-corrected chi connectivity index (χ3v) is 4.83. The maximum absolute atomic E-state index is 3.52. The fraction of sp³-hybridized carbons (Fsp3) is 1.00. The summed E-state index contributed by atoms with van der Waals surface area (Å²) in [5, 5.41) is 0. The molecule has 4 N–H and O–H groups in total. The van der Waals surface area contributed by atoms with Gasteiger partial charge in [-0.15, -0.1) is 0 Å². The summed E-state index contributed by atoms with van der Waals surface area (Å²) in [6, 6.07) is 0. The van der Waals surface area contributed by atoms with E-state index in [1.807, 2.05) is 0 Å². The van der Waals surface area contributed by atoms with E-state index >= 15 is 0 Å². The SMILES string of the molecule is CCC[CH2][Sn][Br].O.O. The Morgan fingerprint density at radius 1 is 1.38 bits per heavy atom. The topological polar surface area (TPSA) is 63.0 Å². The largest absolute Gasteiger partial charge is 0.412 e. The molecule has 0 aliphatic heterocycles. The van der Waals surface area contributed by atoms with Crippen molar-refractivity contribution in [3.05, 3.63) is 0 Å². The van der Waals surface area contributed by atoms with Gasteiger partial charge >= 0.3 is 55.8 Å². The van der Waals surface area contributed by atoms with Crippen molar-refractivity contribution in [2.24, 2.45) is 0 Å². The molecule has 0 aromatic carbocycles. The van der Waals surface area contributed by atoms with E-state index in [0.29, 0.717) is 0 Å². The third-order valence-electron chi connectivity index (χ3n) is 0.625. The van der Waals surface area contributed by atoms with Crippen LogP contribution in [0.1, 0.15) is 19.8 Å². The van der Waals surface area contributed by atoms with Gasteiger partial charge in [-0.1, -0.05) is 0 Å². The summed E-state index contributed by atoms with van der Waals surface area (Å²) >= 11 is 3.52. The Morgan fingerprint density at radius 3 is 2.00 bits per heavy atom. The monoisotopic (exact) mass is 292 g/mol. The predicted molar refractivity (Wildman–Crippen MR) is 41.6 cm³/mol. The van der Waals surface area contributed by atoms with Crippen LogP contribution in [0.25, 0.3) is 0 Å². The maximum Gasteiger partial charge on any atom is -0.412 e. The van der Waals surface area contributed by atoms with Crippen LogP contribution in [0.4, 0.5) is 0 Å². The van der Waals surface area contributed by atoms with Crippen LogP contribution in [0.2, 0.25) is 4.44 Å². The molecule has 0 saturated heterocycles. The zero-order valence-electron chi connectivity index (χ0n) is 5.00. The van der Waals surface area contributed by atoms with E-state index in [0.717, 1.165) is 0 Å². The number of rotatable bonds is 3. The molecule has 4 heteroatoms. The first-order valence-electron chi connectivity index (χ1n) is 2.25. The summed E-state index contributed by atoms with van der Waals surface area (Å²) in [4.78, 5) is 0. The zero-order valence-corrected chi connectivity index (χ0v) is 9.44. The van der Waals surface area contributed by atoms with Crippen LogP contribution < -0.4 is 0 Å². The molecule has 0 bridgehead atoms. The molecule has 2 nitrogen and oxygen atoms in total. The number of unbranched alkanes of at least 4 members (excludes halogenated alkanes) is 1. The van der Waals surface area contributed by atoms with Gasteiger partial charge in [0.15, 0.2) is 0 Å². The van der Waals surface area contributed by atoms with Gasteiger partial charge in [0.1, 0.15) is 0 Å². The molecule has 0 heterocycles.